The summed E-state index contributed by atoms with van der Waals surface area (Å²) in [6, 6.07) is -1.58. The molecule has 0 rings (SSSR count). The van der Waals surface area contributed by atoms with Gasteiger partial charge in [-0.15, -0.1) is 0 Å². The van der Waals surface area contributed by atoms with Gasteiger partial charge in [0.2, 0.25) is 5.91 Å². The first kappa shape index (κ1) is 13.4. The van der Waals surface area contributed by atoms with Gasteiger partial charge in [-0.25, -0.2) is 4.79 Å². The fourth-order valence-corrected chi connectivity index (χ4v) is 0.860. The van der Waals surface area contributed by atoms with Crippen molar-refractivity contribution in [3.05, 3.63) is 0 Å². The zero-order chi connectivity index (χ0) is 12.0. The predicted octanol–water partition coefficient (Wildman–Crippen LogP) is -1.02. The number of nitrogens with two attached hydrogens (primary N) is 1. The third-order valence-electron chi connectivity index (χ3n) is 1.97. The molecule has 86 valence electrons. The standard InChI is InChI=1S/C8H15N3O4/c1-5(7(13)14)11(2)4-3-6(12)10-8(9)15/h5H,3-4H2,1-2H3,(H,13,14)(H3,9,10,12,15). The summed E-state index contributed by atoms with van der Waals surface area (Å²) >= 11 is 0. The number of rotatable bonds is 5. The Balaban J connectivity index is 3.90. The van der Waals surface area contributed by atoms with Crippen LogP contribution in [-0.2, 0) is 9.59 Å². The molecule has 0 saturated heterocycles. The molecular formula is C8H15N3O4. The van der Waals surface area contributed by atoms with Gasteiger partial charge in [0.25, 0.3) is 0 Å². The molecule has 0 aliphatic heterocycles. The molecule has 0 radical (unpaired) electrons. The number of carboxylic acids is 1. The van der Waals surface area contributed by atoms with E-state index in [-0.39, 0.29) is 13.0 Å². The van der Waals surface area contributed by atoms with Gasteiger partial charge in [-0.2, -0.15) is 0 Å². The number of hydrogen-bond donors (Lipinski definition) is 3. The Bertz CT molecular complexity index is 267. The number of carboxylic acid groups (broad SMARTS) is 1. The molecule has 15 heavy (non-hydrogen) atoms. The van der Waals surface area contributed by atoms with Crippen molar-refractivity contribution in [2.45, 2.75) is 19.4 Å². The fraction of sp³-hybridized carbons (Fsp3) is 0.625. The van der Waals surface area contributed by atoms with Crippen LogP contribution >= 0.6 is 0 Å². The minimum absolute atomic E-state index is 0.0249. The quantitative estimate of drug-likeness (QED) is 0.545. The number of aliphatic carboxylic acids is 1. The van der Waals surface area contributed by atoms with Gasteiger partial charge in [0, 0.05) is 13.0 Å². The summed E-state index contributed by atoms with van der Waals surface area (Å²) in [5.74, 6) is -1.49. The molecule has 0 aliphatic rings. The maximum Gasteiger partial charge on any atom is 0.320 e. The van der Waals surface area contributed by atoms with E-state index in [2.05, 4.69) is 0 Å². The molecule has 0 aromatic rings. The Hall–Kier alpha value is -1.63. The van der Waals surface area contributed by atoms with E-state index in [0.717, 1.165) is 0 Å². The molecule has 0 spiro atoms. The molecule has 1 unspecified atom stereocenters. The second-order valence-electron chi connectivity index (χ2n) is 3.16. The molecule has 0 aromatic carbocycles. The molecular weight excluding hydrogens is 202 g/mol. The van der Waals surface area contributed by atoms with Crippen molar-refractivity contribution in [1.29, 1.82) is 0 Å². The number of hydrogen-bond acceptors (Lipinski definition) is 4. The lowest BCUT2D eigenvalue weighted by Crippen LogP contribution is -2.40. The van der Waals surface area contributed by atoms with Crippen molar-refractivity contribution in [3.8, 4) is 0 Å². The number of amides is 3. The van der Waals surface area contributed by atoms with Gasteiger partial charge >= 0.3 is 12.0 Å². The smallest absolute Gasteiger partial charge is 0.320 e. The van der Waals surface area contributed by atoms with Crippen LogP contribution in [0.2, 0.25) is 0 Å². The largest absolute Gasteiger partial charge is 0.480 e. The van der Waals surface area contributed by atoms with E-state index in [1.807, 2.05) is 5.32 Å². The van der Waals surface area contributed by atoms with E-state index < -0.39 is 23.9 Å². The lowest BCUT2D eigenvalue weighted by Gasteiger charge is -2.20. The first-order valence-corrected chi connectivity index (χ1v) is 4.37. The molecule has 7 heteroatoms. The van der Waals surface area contributed by atoms with E-state index in [0.29, 0.717) is 0 Å². The third-order valence-corrected chi connectivity index (χ3v) is 1.97. The fourth-order valence-electron chi connectivity index (χ4n) is 0.860. The highest BCUT2D eigenvalue weighted by molar-refractivity contribution is 5.93. The van der Waals surface area contributed by atoms with Gasteiger partial charge in [0.1, 0.15) is 6.04 Å². The molecule has 0 fully saturated rings. The van der Waals surface area contributed by atoms with Gasteiger partial charge in [-0.05, 0) is 14.0 Å². The minimum Gasteiger partial charge on any atom is -0.480 e. The molecule has 7 nitrogen and oxygen atoms in total. The van der Waals surface area contributed by atoms with Gasteiger partial charge < -0.3 is 10.8 Å². The average Bonchev–Trinajstić information content (AvgIpc) is 2.11. The van der Waals surface area contributed by atoms with Crippen molar-refractivity contribution in [3.63, 3.8) is 0 Å². The monoisotopic (exact) mass is 217 g/mol. The van der Waals surface area contributed by atoms with Crippen molar-refractivity contribution in [2.24, 2.45) is 5.73 Å². The molecule has 0 saturated carbocycles. The van der Waals surface area contributed by atoms with E-state index in [1.165, 1.54) is 11.8 Å². The number of nitrogens with zero attached hydrogens (tertiary/aromatic N) is 1. The summed E-state index contributed by atoms with van der Waals surface area (Å²) in [6.45, 7) is 1.75. The Morgan fingerprint density at radius 3 is 2.40 bits per heavy atom. The lowest BCUT2D eigenvalue weighted by molar-refractivity contribution is -0.142. The third kappa shape index (κ3) is 5.63. The Morgan fingerprint density at radius 2 is 2.00 bits per heavy atom. The number of nitrogens with one attached hydrogen (secondary N) is 1. The molecule has 4 N–H and O–H groups in total. The average molecular weight is 217 g/mol. The zero-order valence-corrected chi connectivity index (χ0v) is 8.69. The van der Waals surface area contributed by atoms with E-state index in [9.17, 15) is 14.4 Å². The van der Waals surface area contributed by atoms with Gasteiger partial charge in [0.15, 0.2) is 0 Å². The first-order chi connectivity index (χ1) is 6.84. The molecule has 0 bridgehead atoms. The Kier molecular flexibility index (Phi) is 5.32. The van der Waals surface area contributed by atoms with Gasteiger partial charge in [-0.1, -0.05) is 0 Å². The van der Waals surface area contributed by atoms with Crippen LogP contribution in [0.3, 0.4) is 0 Å². The van der Waals surface area contributed by atoms with Crippen LogP contribution in [0.5, 0.6) is 0 Å². The van der Waals surface area contributed by atoms with Gasteiger partial charge in [0.05, 0.1) is 0 Å². The van der Waals surface area contributed by atoms with Crippen molar-refractivity contribution >= 4 is 17.9 Å². The summed E-state index contributed by atoms with van der Waals surface area (Å²) in [5.41, 5.74) is 4.73. The van der Waals surface area contributed by atoms with E-state index >= 15 is 0 Å². The minimum atomic E-state index is -0.965. The number of imide groups is 1. The van der Waals surface area contributed by atoms with Crippen molar-refractivity contribution < 1.29 is 19.5 Å². The summed E-state index contributed by atoms with van der Waals surface area (Å²) < 4.78 is 0. The second kappa shape index (κ2) is 5.97. The van der Waals surface area contributed by atoms with Crippen molar-refractivity contribution in [1.82, 2.24) is 10.2 Å². The number of carbonyl (C=O) groups is 3. The summed E-state index contributed by atoms with van der Waals surface area (Å²) in [5, 5.41) is 10.5. The summed E-state index contributed by atoms with van der Waals surface area (Å²) in [6.07, 6.45) is 0.0249. The maximum absolute atomic E-state index is 11.0. The molecule has 3 amide bonds. The van der Waals surface area contributed by atoms with E-state index in [1.54, 1.807) is 7.05 Å². The van der Waals surface area contributed by atoms with Crippen LogP contribution in [0.15, 0.2) is 0 Å². The second-order valence-corrected chi connectivity index (χ2v) is 3.16. The van der Waals surface area contributed by atoms with Crippen LogP contribution in [0.25, 0.3) is 0 Å². The number of carbonyl (C=O) groups excluding carboxylic acids is 2. The number of likely N-dealkylation sites (N-methyl/N-ethyl adjacent to an activating group) is 1. The number of primary amides is 1. The Labute approximate surface area is 87.2 Å². The van der Waals surface area contributed by atoms with Gasteiger partial charge in [-0.3, -0.25) is 19.8 Å². The zero-order valence-electron chi connectivity index (χ0n) is 8.69. The topological polar surface area (TPSA) is 113 Å². The molecule has 0 aliphatic carbocycles. The first-order valence-electron chi connectivity index (χ1n) is 4.37. The van der Waals surface area contributed by atoms with Crippen LogP contribution in [-0.4, -0.2) is 47.5 Å². The summed E-state index contributed by atoms with van der Waals surface area (Å²) in [7, 11) is 1.58. The molecule has 0 heterocycles. The Morgan fingerprint density at radius 1 is 1.47 bits per heavy atom. The highest BCUT2D eigenvalue weighted by Gasteiger charge is 2.17. The predicted molar refractivity (Wildman–Crippen MR) is 52.1 cm³/mol. The van der Waals surface area contributed by atoms with Crippen LogP contribution in [0.4, 0.5) is 4.79 Å². The normalized spacial score (nSPS) is 12.2. The van der Waals surface area contributed by atoms with Crippen LogP contribution in [0, 0.1) is 0 Å². The summed E-state index contributed by atoms with van der Waals surface area (Å²) in [4.78, 5) is 33.3. The number of urea groups is 1. The van der Waals surface area contributed by atoms with E-state index in [4.69, 9.17) is 10.8 Å². The van der Waals surface area contributed by atoms with Crippen LogP contribution in [0.1, 0.15) is 13.3 Å². The molecule has 1 atom stereocenters. The molecule has 0 aromatic heterocycles. The van der Waals surface area contributed by atoms with Crippen molar-refractivity contribution in [2.75, 3.05) is 13.6 Å². The lowest BCUT2D eigenvalue weighted by atomic mass is 10.3. The van der Waals surface area contributed by atoms with Crippen LogP contribution < -0.4 is 11.1 Å². The highest BCUT2D eigenvalue weighted by atomic mass is 16.4. The SMILES string of the molecule is CC(C(=O)O)N(C)CCC(=O)NC(N)=O. The highest BCUT2D eigenvalue weighted by Crippen LogP contribution is 1.96. The maximum atomic E-state index is 11.0.